The van der Waals surface area contributed by atoms with Gasteiger partial charge in [-0.15, -0.1) is 0 Å². The third-order valence-electron chi connectivity index (χ3n) is 2.82. The molecule has 0 atom stereocenters. The van der Waals surface area contributed by atoms with Gasteiger partial charge in [-0.2, -0.15) is 0 Å². The number of phenols is 1. The first-order chi connectivity index (χ1) is 8.63. The molecule has 0 saturated heterocycles. The van der Waals surface area contributed by atoms with Crippen LogP contribution in [0.15, 0.2) is 24.3 Å². The molecular weight excluding hydrogens is 226 g/mol. The number of aryl methyl sites for hydroxylation is 2. The molecule has 1 aromatic carbocycles. The first-order valence-corrected chi connectivity index (χ1v) is 6.04. The maximum atomic E-state index is 9.88. The summed E-state index contributed by atoms with van der Waals surface area (Å²) >= 11 is 0. The number of nitrogens with zero attached hydrogens (tertiary/aromatic N) is 2. The summed E-state index contributed by atoms with van der Waals surface area (Å²) in [6.45, 7) is 3.94. The lowest BCUT2D eigenvalue weighted by atomic mass is 10.1. The molecule has 0 radical (unpaired) electrons. The molecule has 18 heavy (non-hydrogen) atoms. The van der Waals surface area contributed by atoms with E-state index in [9.17, 15) is 5.11 Å². The van der Waals surface area contributed by atoms with Gasteiger partial charge >= 0.3 is 0 Å². The highest BCUT2D eigenvalue weighted by Crippen LogP contribution is 2.32. The number of hydrogen-bond acceptors (Lipinski definition) is 4. The molecule has 94 valence electrons. The van der Waals surface area contributed by atoms with Gasteiger partial charge in [0.25, 0.3) is 0 Å². The van der Waals surface area contributed by atoms with Gasteiger partial charge in [0.05, 0.1) is 11.4 Å². The normalized spacial score (nSPS) is 10.6. The summed E-state index contributed by atoms with van der Waals surface area (Å²) < 4.78 is 0. The van der Waals surface area contributed by atoms with E-state index in [4.69, 9.17) is 5.73 Å². The van der Waals surface area contributed by atoms with Crippen molar-refractivity contribution in [2.45, 2.75) is 26.7 Å². The number of hydrogen-bond donors (Lipinski definition) is 2. The van der Waals surface area contributed by atoms with Gasteiger partial charge in [-0.3, -0.25) is 0 Å². The first-order valence-electron chi connectivity index (χ1n) is 6.04. The van der Waals surface area contributed by atoms with Crippen LogP contribution in [0, 0.1) is 6.92 Å². The topological polar surface area (TPSA) is 72.0 Å². The van der Waals surface area contributed by atoms with E-state index in [2.05, 4.69) is 16.9 Å². The Balaban J connectivity index is 2.59. The van der Waals surface area contributed by atoms with Crippen LogP contribution in [0.25, 0.3) is 11.3 Å². The van der Waals surface area contributed by atoms with E-state index in [1.165, 1.54) is 0 Å². The number of nitrogen functional groups attached to an aromatic ring is 1. The van der Waals surface area contributed by atoms with Crippen molar-refractivity contribution in [3.8, 4) is 17.0 Å². The lowest BCUT2D eigenvalue weighted by molar-refractivity contribution is 0.477. The Morgan fingerprint density at radius 3 is 2.61 bits per heavy atom. The predicted octanol–water partition coefficient (Wildman–Crippen LogP) is 2.69. The molecule has 0 aliphatic carbocycles. The molecular formula is C14H17N3O. The van der Waals surface area contributed by atoms with Crippen LogP contribution in [-0.4, -0.2) is 15.1 Å². The highest BCUT2D eigenvalue weighted by molar-refractivity contribution is 5.77. The van der Waals surface area contributed by atoms with Crippen LogP contribution < -0.4 is 5.73 Å². The van der Waals surface area contributed by atoms with Crippen molar-refractivity contribution in [3.05, 3.63) is 35.8 Å². The number of benzene rings is 1. The van der Waals surface area contributed by atoms with Crippen molar-refractivity contribution in [1.82, 2.24) is 9.97 Å². The van der Waals surface area contributed by atoms with Gasteiger partial charge in [-0.25, -0.2) is 9.97 Å². The fourth-order valence-corrected chi connectivity index (χ4v) is 1.85. The van der Waals surface area contributed by atoms with Crippen molar-refractivity contribution in [2.24, 2.45) is 0 Å². The summed E-state index contributed by atoms with van der Waals surface area (Å²) in [7, 11) is 0. The number of anilines is 1. The van der Waals surface area contributed by atoms with Gasteiger partial charge in [0.2, 0.25) is 0 Å². The summed E-state index contributed by atoms with van der Waals surface area (Å²) in [6, 6.07) is 7.07. The predicted molar refractivity (Wildman–Crippen MR) is 72.3 cm³/mol. The molecule has 0 aliphatic heterocycles. The Bertz CT molecular complexity index is 567. The Morgan fingerprint density at radius 1 is 1.22 bits per heavy atom. The molecule has 0 spiro atoms. The van der Waals surface area contributed by atoms with E-state index < -0.39 is 0 Å². The summed E-state index contributed by atoms with van der Waals surface area (Å²) in [5, 5.41) is 9.88. The lowest BCUT2D eigenvalue weighted by Crippen LogP contribution is -2.04. The molecule has 0 saturated carbocycles. The number of nitrogens with two attached hydrogens (primary N) is 1. The number of aromatic nitrogens is 2. The number of para-hydroxylation sites is 1. The van der Waals surface area contributed by atoms with E-state index in [0.717, 1.165) is 24.4 Å². The van der Waals surface area contributed by atoms with E-state index in [1.807, 2.05) is 19.1 Å². The minimum absolute atomic E-state index is 0.185. The highest BCUT2D eigenvalue weighted by Gasteiger charge is 2.13. The standard InChI is InChI=1S/C14H17N3O/c1-3-6-12-16-9(2)13(15)14(17-12)10-7-4-5-8-11(10)18/h4-5,7-8,18H,3,6,15H2,1-2H3. The van der Waals surface area contributed by atoms with Crippen molar-refractivity contribution < 1.29 is 5.11 Å². The maximum Gasteiger partial charge on any atom is 0.129 e. The van der Waals surface area contributed by atoms with Gasteiger partial charge in [0.15, 0.2) is 0 Å². The van der Waals surface area contributed by atoms with E-state index in [0.29, 0.717) is 16.9 Å². The smallest absolute Gasteiger partial charge is 0.129 e. The average molecular weight is 243 g/mol. The van der Waals surface area contributed by atoms with Gasteiger partial charge in [-0.1, -0.05) is 19.1 Å². The molecule has 2 rings (SSSR count). The molecule has 0 fully saturated rings. The quantitative estimate of drug-likeness (QED) is 0.869. The molecule has 2 aromatic rings. The molecule has 0 amide bonds. The summed E-state index contributed by atoms with van der Waals surface area (Å²) in [5.74, 6) is 0.951. The number of rotatable bonds is 3. The van der Waals surface area contributed by atoms with Crippen LogP contribution in [0.4, 0.5) is 5.69 Å². The van der Waals surface area contributed by atoms with Crippen LogP contribution in [0.1, 0.15) is 24.9 Å². The van der Waals surface area contributed by atoms with Gasteiger partial charge in [0.1, 0.15) is 17.3 Å². The zero-order valence-electron chi connectivity index (χ0n) is 10.6. The summed E-state index contributed by atoms with van der Waals surface area (Å²) in [5.41, 5.74) is 8.56. The fourth-order valence-electron chi connectivity index (χ4n) is 1.85. The second-order valence-corrected chi connectivity index (χ2v) is 4.25. The Kier molecular flexibility index (Phi) is 3.46. The SMILES string of the molecule is CCCc1nc(C)c(N)c(-c2ccccc2O)n1. The van der Waals surface area contributed by atoms with Crippen LogP contribution in [0.3, 0.4) is 0 Å². The average Bonchev–Trinajstić information content (AvgIpc) is 2.35. The second kappa shape index (κ2) is 5.04. The molecule has 1 heterocycles. The van der Waals surface area contributed by atoms with Crippen molar-refractivity contribution >= 4 is 5.69 Å². The van der Waals surface area contributed by atoms with Crippen LogP contribution in [0.5, 0.6) is 5.75 Å². The molecule has 4 heteroatoms. The minimum atomic E-state index is 0.185. The Hall–Kier alpha value is -2.10. The van der Waals surface area contributed by atoms with Gasteiger partial charge in [-0.05, 0) is 25.5 Å². The third-order valence-corrected chi connectivity index (χ3v) is 2.82. The molecule has 4 nitrogen and oxygen atoms in total. The molecule has 0 bridgehead atoms. The molecule has 3 N–H and O–H groups in total. The zero-order valence-corrected chi connectivity index (χ0v) is 10.6. The van der Waals surface area contributed by atoms with E-state index in [-0.39, 0.29) is 5.75 Å². The van der Waals surface area contributed by atoms with Crippen LogP contribution >= 0.6 is 0 Å². The first kappa shape index (κ1) is 12.4. The molecule has 1 aromatic heterocycles. The zero-order chi connectivity index (χ0) is 13.1. The van der Waals surface area contributed by atoms with Crippen LogP contribution in [-0.2, 0) is 6.42 Å². The number of phenolic OH excluding ortho intramolecular Hbond substituents is 1. The summed E-state index contributed by atoms with van der Waals surface area (Å²) in [4.78, 5) is 8.82. The highest BCUT2D eigenvalue weighted by atomic mass is 16.3. The van der Waals surface area contributed by atoms with Crippen LogP contribution in [0.2, 0.25) is 0 Å². The van der Waals surface area contributed by atoms with Crippen molar-refractivity contribution in [3.63, 3.8) is 0 Å². The van der Waals surface area contributed by atoms with Crippen molar-refractivity contribution in [1.29, 1.82) is 0 Å². The summed E-state index contributed by atoms with van der Waals surface area (Å²) in [6.07, 6.45) is 1.78. The second-order valence-electron chi connectivity index (χ2n) is 4.25. The van der Waals surface area contributed by atoms with Crippen molar-refractivity contribution in [2.75, 3.05) is 5.73 Å². The Labute approximate surface area is 107 Å². The largest absolute Gasteiger partial charge is 0.507 e. The van der Waals surface area contributed by atoms with E-state index in [1.54, 1.807) is 12.1 Å². The van der Waals surface area contributed by atoms with Gasteiger partial charge in [0, 0.05) is 12.0 Å². The Morgan fingerprint density at radius 2 is 1.94 bits per heavy atom. The fraction of sp³-hybridized carbons (Fsp3) is 0.286. The monoisotopic (exact) mass is 243 g/mol. The number of aromatic hydroxyl groups is 1. The molecule has 0 unspecified atom stereocenters. The van der Waals surface area contributed by atoms with E-state index >= 15 is 0 Å². The third kappa shape index (κ3) is 2.27. The lowest BCUT2D eigenvalue weighted by Gasteiger charge is -2.11. The minimum Gasteiger partial charge on any atom is -0.507 e. The molecule has 0 aliphatic rings. The maximum absolute atomic E-state index is 9.88. The van der Waals surface area contributed by atoms with Gasteiger partial charge < -0.3 is 10.8 Å².